The Hall–Kier alpha value is -2.88. The minimum atomic E-state index is 0.00167. The van der Waals surface area contributed by atoms with Gasteiger partial charge in [-0.25, -0.2) is 0 Å². The maximum Gasteiger partial charge on any atom is 0.219 e. The summed E-state index contributed by atoms with van der Waals surface area (Å²) in [5, 5.41) is 4.43. The molecule has 1 amide bonds. The van der Waals surface area contributed by atoms with Crippen LogP contribution in [0.3, 0.4) is 0 Å². The quantitative estimate of drug-likeness (QED) is 0.734. The molecule has 1 aliphatic heterocycles. The molecular formula is C21H20N2O2. The molecule has 0 atom stereocenters. The first kappa shape index (κ1) is 15.6. The number of hydrogen-bond acceptors (Lipinski definition) is 3. The van der Waals surface area contributed by atoms with Gasteiger partial charge in [0.25, 0.3) is 0 Å². The number of fused-ring (bicyclic) bond motifs is 1. The molecule has 0 bridgehead atoms. The van der Waals surface area contributed by atoms with E-state index in [4.69, 9.17) is 4.52 Å². The van der Waals surface area contributed by atoms with Crippen molar-refractivity contribution in [3.63, 3.8) is 0 Å². The van der Waals surface area contributed by atoms with Crippen molar-refractivity contribution in [1.82, 2.24) is 10.1 Å². The lowest BCUT2D eigenvalue weighted by Gasteiger charge is -2.26. The van der Waals surface area contributed by atoms with Gasteiger partial charge >= 0.3 is 0 Å². The van der Waals surface area contributed by atoms with Crippen LogP contribution in [0.25, 0.3) is 0 Å². The molecule has 0 saturated heterocycles. The Morgan fingerprint density at radius 1 is 1.04 bits per heavy atom. The molecule has 0 aliphatic carbocycles. The van der Waals surface area contributed by atoms with Gasteiger partial charge in [-0.3, -0.25) is 4.79 Å². The Labute approximate surface area is 147 Å². The summed E-state index contributed by atoms with van der Waals surface area (Å²) in [6.07, 6.45) is 0.720. The van der Waals surface area contributed by atoms with Crippen LogP contribution < -0.4 is 0 Å². The third kappa shape index (κ3) is 2.95. The Bertz CT molecular complexity index is 832. The summed E-state index contributed by atoms with van der Waals surface area (Å²) >= 11 is 0. The van der Waals surface area contributed by atoms with Crippen molar-refractivity contribution in [2.24, 2.45) is 0 Å². The van der Waals surface area contributed by atoms with Gasteiger partial charge in [-0.15, -0.1) is 0 Å². The van der Waals surface area contributed by atoms with E-state index >= 15 is 0 Å². The third-order valence-electron chi connectivity index (χ3n) is 4.84. The van der Waals surface area contributed by atoms with Crippen molar-refractivity contribution < 1.29 is 9.32 Å². The first-order valence-electron chi connectivity index (χ1n) is 8.56. The molecular weight excluding hydrogens is 312 g/mol. The Morgan fingerprint density at radius 2 is 1.64 bits per heavy atom. The lowest BCUT2D eigenvalue weighted by Crippen LogP contribution is -2.34. The second kappa shape index (κ2) is 6.55. The minimum absolute atomic E-state index is 0.00167. The Kier molecular flexibility index (Phi) is 4.10. The van der Waals surface area contributed by atoms with Crippen LogP contribution in [0.1, 0.15) is 41.0 Å². The normalized spacial score (nSPS) is 13.8. The molecule has 0 unspecified atom stereocenters. The molecule has 0 spiro atoms. The largest absolute Gasteiger partial charge is 0.361 e. The van der Waals surface area contributed by atoms with Crippen LogP contribution in [0.15, 0.2) is 65.2 Å². The smallest absolute Gasteiger partial charge is 0.219 e. The van der Waals surface area contributed by atoms with Crippen molar-refractivity contribution in [2.45, 2.75) is 25.8 Å². The van der Waals surface area contributed by atoms with Crippen LogP contribution in [-0.2, 0) is 17.8 Å². The van der Waals surface area contributed by atoms with Crippen molar-refractivity contribution in [3.8, 4) is 0 Å². The molecule has 25 heavy (non-hydrogen) atoms. The molecule has 3 aromatic rings. The molecule has 1 aliphatic rings. The van der Waals surface area contributed by atoms with Crippen LogP contribution in [-0.4, -0.2) is 22.5 Å². The van der Waals surface area contributed by atoms with Crippen LogP contribution in [0, 0.1) is 0 Å². The number of carbonyl (C=O) groups is 1. The molecule has 2 aromatic carbocycles. The van der Waals surface area contributed by atoms with Gasteiger partial charge in [-0.2, -0.15) is 0 Å². The molecule has 0 N–H and O–H groups in total. The van der Waals surface area contributed by atoms with Crippen molar-refractivity contribution in [1.29, 1.82) is 0 Å². The summed E-state index contributed by atoms with van der Waals surface area (Å²) in [6, 6.07) is 20.7. The summed E-state index contributed by atoms with van der Waals surface area (Å²) in [5.74, 6) is 1.000. The third-order valence-corrected chi connectivity index (χ3v) is 4.84. The number of rotatable bonds is 3. The maximum absolute atomic E-state index is 11.8. The highest BCUT2D eigenvalue weighted by atomic mass is 16.5. The predicted molar refractivity (Wildman–Crippen MR) is 95.1 cm³/mol. The van der Waals surface area contributed by atoms with E-state index in [0.717, 1.165) is 23.4 Å². The van der Waals surface area contributed by atoms with Crippen molar-refractivity contribution in [3.05, 3.63) is 88.8 Å². The fourth-order valence-electron chi connectivity index (χ4n) is 3.52. The maximum atomic E-state index is 11.8. The molecule has 2 heterocycles. The number of nitrogens with zero attached hydrogens (tertiary/aromatic N) is 2. The minimum Gasteiger partial charge on any atom is -0.361 e. The first-order chi connectivity index (χ1) is 12.2. The highest BCUT2D eigenvalue weighted by Crippen LogP contribution is 2.36. The molecule has 4 rings (SSSR count). The van der Waals surface area contributed by atoms with E-state index in [1.54, 1.807) is 6.92 Å². The molecule has 1 aromatic heterocycles. The molecule has 4 heteroatoms. The second-order valence-corrected chi connectivity index (χ2v) is 6.41. The van der Waals surface area contributed by atoms with Gasteiger partial charge in [0.1, 0.15) is 11.5 Å². The van der Waals surface area contributed by atoms with E-state index in [0.29, 0.717) is 13.1 Å². The SMILES string of the molecule is CC(=O)N1CCc2onc(C(c3ccccc3)c3ccccc3)c2C1. The zero-order chi connectivity index (χ0) is 17.2. The van der Waals surface area contributed by atoms with Gasteiger partial charge in [-0.05, 0) is 11.1 Å². The number of carbonyl (C=O) groups excluding carboxylic acids is 1. The van der Waals surface area contributed by atoms with Crippen LogP contribution in [0.4, 0.5) is 0 Å². The van der Waals surface area contributed by atoms with E-state index in [1.165, 1.54) is 11.1 Å². The summed E-state index contributed by atoms with van der Waals surface area (Å²) in [5.41, 5.74) is 4.31. The molecule has 0 fully saturated rings. The average molecular weight is 332 g/mol. The number of hydrogen-bond donors (Lipinski definition) is 0. The van der Waals surface area contributed by atoms with Gasteiger partial charge in [0.2, 0.25) is 5.91 Å². The standard InChI is InChI=1S/C21H20N2O2/c1-15(24)23-13-12-19-18(14-23)21(22-25-19)20(16-8-4-2-5-9-16)17-10-6-3-7-11-17/h2-11,20H,12-14H2,1H3. The molecule has 126 valence electrons. The highest BCUT2D eigenvalue weighted by Gasteiger charge is 2.30. The van der Waals surface area contributed by atoms with Gasteiger partial charge in [0, 0.05) is 25.5 Å². The lowest BCUT2D eigenvalue weighted by atomic mass is 9.85. The second-order valence-electron chi connectivity index (χ2n) is 6.41. The van der Waals surface area contributed by atoms with Crippen LogP contribution in [0.5, 0.6) is 0 Å². The number of benzene rings is 2. The molecule has 0 radical (unpaired) electrons. The average Bonchev–Trinajstić information content (AvgIpc) is 3.07. The fraction of sp³-hybridized carbons (Fsp3) is 0.238. The summed E-state index contributed by atoms with van der Waals surface area (Å²) < 4.78 is 5.65. The monoisotopic (exact) mass is 332 g/mol. The van der Waals surface area contributed by atoms with E-state index in [2.05, 4.69) is 29.4 Å². The summed E-state index contributed by atoms with van der Waals surface area (Å²) in [4.78, 5) is 13.7. The van der Waals surface area contributed by atoms with Crippen molar-refractivity contribution >= 4 is 5.91 Å². The Balaban J connectivity index is 1.82. The zero-order valence-corrected chi connectivity index (χ0v) is 14.2. The number of aromatic nitrogens is 1. The first-order valence-corrected chi connectivity index (χ1v) is 8.56. The lowest BCUT2D eigenvalue weighted by molar-refractivity contribution is -0.129. The van der Waals surface area contributed by atoms with Gasteiger partial charge < -0.3 is 9.42 Å². The topological polar surface area (TPSA) is 46.3 Å². The van der Waals surface area contributed by atoms with Gasteiger partial charge in [0.05, 0.1) is 12.5 Å². The van der Waals surface area contributed by atoms with E-state index in [-0.39, 0.29) is 11.8 Å². The van der Waals surface area contributed by atoms with E-state index in [1.807, 2.05) is 41.3 Å². The van der Waals surface area contributed by atoms with Gasteiger partial charge in [0.15, 0.2) is 0 Å². The summed E-state index contributed by atoms with van der Waals surface area (Å²) in [7, 11) is 0. The van der Waals surface area contributed by atoms with E-state index in [9.17, 15) is 4.79 Å². The van der Waals surface area contributed by atoms with Crippen LogP contribution in [0.2, 0.25) is 0 Å². The predicted octanol–water partition coefficient (Wildman–Crippen LogP) is 3.76. The Morgan fingerprint density at radius 3 is 2.20 bits per heavy atom. The summed E-state index contributed by atoms with van der Waals surface area (Å²) in [6.45, 7) is 2.88. The fourth-order valence-corrected chi connectivity index (χ4v) is 3.52. The van der Waals surface area contributed by atoms with Crippen molar-refractivity contribution in [2.75, 3.05) is 6.54 Å². The highest BCUT2D eigenvalue weighted by molar-refractivity contribution is 5.73. The molecule has 0 saturated carbocycles. The molecule has 4 nitrogen and oxygen atoms in total. The number of amides is 1. The van der Waals surface area contributed by atoms with E-state index < -0.39 is 0 Å². The van der Waals surface area contributed by atoms with Gasteiger partial charge in [-0.1, -0.05) is 65.8 Å². The zero-order valence-electron chi connectivity index (χ0n) is 14.2. The van der Waals surface area contributed by atoms with Crippen LogP contribution >= 0.6 is 0 Å².